The Bertz CT molecular complexity index is 710. The Morgan fingerprint density at radius 2 is 1.87 bits per heavy atom. The Morgan fingerprint density at radius 1 is 1.13 bits per heavy atom. The first-order valence-corrected chi connectivity index (χ1v) is 6.90. The van der Waals surface area contributed by atoms with Crippen LogP contribution < -0.4 is 10.6 Å². The summed E-state index contributed by atoms with van der Waals surface area (Å²) in [5.74, 6) is 0.331. The molecule has 2 N–H and O–H groups in total. The number of guanidine groups is 1. The number of nitrogens with one attached hydrogen (secondary N) is 2. The van der Waals surface area contributed by atoms with Crippen LogP contribution in [-0.2, 0) is 13.1 Å². The zero-order valence-electron chi connectivity index (χ0n) is 12.7. The van der Waals surface area contributed by atoms with Crippen LogP contribution in [0.15, 0.2) is 53.5 Å². The van der Waals surface area contributed by atoms with Crippen molar-refractivity contribution in [2.75, 3.05) is 7.05 Å². The number of nitriles is 1. The van der Waals surface area contributed by atoms with E-state index in [1.807, 2.05) is 18.2 Å². The molecule has 0 atom stereocenters. The van der Waals surface area contributed by atoms with Crippen molar-refractivity contribution in [3.8, 4) is 6.07 Å². The highest BCUT2D eigenvalue weighted by Crippen LogP contribution is 2.06. The summed E-state index contributed by atoms with van der Waals surface area (Å²) in [4.78, 5) is 4.10. The van der Waals surface area contributed by atoms with Gasteiger partial charge in [0, 0.05) is 25.7 Å². The summed E-state index contributed by atoms with van der Waals surface area (Å²) in [6.07, 6.45) is 0. The van der Waals surface area contributed by atoms with Gasteiger partial charge >= 0.3 is 0 Å². The van der Waals surface area contributed by atoms with Crippen LogP contribution in [-0.4, -0.2) is 13.0 Å². The summed E-state index contributed by atoms with van der Waals surface area (Å²) < 4.78 is 13.5. The third kappa shape index (κ3) is 5.87. The molecule has 0 saturated heterocycles. The molecule has 0 heterocycles. The molecule has 4 nitrogen and oxygen atoms in total. The van der Waals surface area contributed by atoms with E-state index in [4.69, 9.17) is 5.26 Å². The summed E-state index contributed by atoms with van der Waals surface area (Å²) in [5, 5.41) is 15.1. The molecular formula is C17H18FIN4. The van der Waals surface area contributed by atoms with Gasteiger partial charge in [-0.3, -0.25) is 4.99 Å². The smallest absolute Gasteiger partial charge is 0.191 e. The molecule has 0 aliphatic carbocycles. The SMILES string of the molecule is CN=C(NCc1cccc(C#N)c1)NCc1ccccc1F.I. The lowest BCUT2D eigenvalue weighted by Crippen LogP contribution is -2.36. The third-order valence-corrected chi connectivity index (χ3v) is 3.14. The van der Waals surface area contributed by atoms with Crippen molar-refractivity contribution in [1.29, 1.82) is 5.26 Å². The predicted octanol–water partition coefficient (Wildman–Crippen LogP) is 3.18. The molecule has 0 fully saturated rings. The first-order chi connectivity index (χ1) is 10.7. The second-order valence-corrected chi connectivity index (χ2v) is 4.68. The van der Waals surface area contributed by atoms with Crippen LogP contribution in [0.1, 0.15) is 16.7 Å². The highest BCUT2D eigenvalue weighted by atomic mass is 127. The van der Waals surface area contributed by atoms with Crippen molar-refractivity contribution < 1.29 is 4.39 Å². The van der Waals surface area contributed by atoms with Crippen LogP contribution in [0.3, 0.4) is 0 Å². The molecule has 0 saturated carbocycles. The van der Waals surface area contributed by atoms with Gasteiger partial charge in [-0.15, -0.1) is 24.0 Å². The van der Waals surface area contributed by atoms with Gasteiger partial charge in [0.25, 0.3) is 0 Å². The Morgan fingerprint density at radius 3 is 2.57 bits per heavy atom. The van der Waals surface area contributed by atoms with Gasteiger partial charge in [-0.05, 0) is 23.8 Å². The second kappa shape index (κ2) is 9.79. The van der Waals surface area contributed by atoms with Crippen LogP contribution >= 0.6 is 24.0 Å². The fourth-order valence-corrected chi connectivity index (χ4v) is 1.98. The first-order valence-electron chi connectivity index (χ1n) is 6.90. The summed E-state index contributed by atoms with van der Waals surface area (Å²) in [6.45, 7) is 0.886. The van der Waals surface area contributed by atoms with Gasteiger partial charge in [-0.1, -0.05) is 30.3 Å². The van der Waals surface area contributed by atoms with E-state index in [2.05, 4.69) is 21.7 Å². The summed E-state index contributed by atoms with van der Waals surface area (Å²) in [5.41, 5.74) is 2.18. The lowest BCUT2D eigenvalue weighted by molar-refractivity contribution is 0.604. The number of halogens is 2. The molecule has 0 unspecified atom stereocenters. The van der Waals surface area contributed by atoms with Crippen molar-refractivity contribution in [2.24, 2.45) is 4.99 Å². The molecule has 2 aromatic rings. The highest BCUT2D eigenvalue weighted by Gasteiger charge is 2.03. The maximum atomic E-state index is 13.5. The normalized spacial score (nSPS) is 10.4. The molecule has 0 aliphatic heterocycles. The van der Waals surface area contributed by atoms with Crippen LogP contribution in [0.4, 0.5) is 4.39 Å². The predicted molar refractivity (Wildman–Crippen MR) is 100 cm³/mol. The number of benzene rings is 2. The molecule has 0 aromatic heterocycles. The molecule has 0 amide bonds. The minimum atomic E-state index is -0.243. The minimum absolute atomic E-state index is 0. The molecule has 6 heteroatoms. The molecule has 2 aromatic carbocycles. The standard InChI is InChI=1S/C17H17FN4.HI/c1-20-17(22-12-15-7-2-3-8-16(15)18)21-11-14-6-4-5-13(9-14)10-19;/h2-9H,11-12H2,1H3,(H2,20,21,22);1H. The zero-order valence-corrected chi connectivity index (χ0v) is 15.0. The van der Waals surface area contributed by atoms with Crippen LogP contribution in [0, 0.1) is 17.1 Å². The van der Waals surface area contributed by atoms with Gasteiger partial charge in [-0.2, -0.15) is 5.26 Å². The van der Waals surface area contributed by atoms with Gasteiger partial charge in [0.05, 0.1) is 11.6 Å². The molecule has 0 bridgehead atoms. The van der Waals surface area contributed by atoms with Crippen molar-refractivity contribution in [3.05, 3.63) is 71.0 Å². The number of hydrogen-bond acceptors (Lipinski definition) is 2. The summed E-state index contributed by atoms with van der Waals surface area (Å²) >= 11 is 0. The number of rotatable bonds is 4. The van der Waals surface area contributed by atoms with Gasteiger partial charge in [0.2, 0.25) is 0 Å². The van der Waals surface area contributed by atoms with E-state index in [0.29, 0.717) is 30.2 Å². The summed E-state index contributed by atoms with van der Waals surface area (Å²) in [7, 11) is 1.66. The Kier molecular flexibility index (Phi) is 8.05. The lowest BCUT2D eigenvalue weighted by atomic mass is 10.1. The number of aliphatic imine (C=N–C) groups is 1. The lowest BCUT2D eigenvalue weighted by Gasteiger charge is -2.12. The maximum absolute atomic E-state index is 13.5. The molecular weight excluding hydrogens is 406 g/mol. The molecule has 0 aliphatic rings. The average molecular weight is 424 g/mol. The third-order valence-electron chi connectivity index (χ3n) is 3.14. The maximum Gasteiger partial charge on any atom is 0.191 e. The first kappa shape index (κ1) is 18.9. The van der Waals surface area contributed by atoms with Crippen LogP contribution in [0.25, 0.3) is 0 Å². The van der Waals surface area contributed by atoms with E-state index in [1.54, 1.807) is 31.3 Å². The van der Waals surface area contributed by atoms with E-state index < -0.39 is 0 Å². The minimum Gasteiger partial charge on any atom is -0.352 e. The van der Waals surface area contributed by atoms with Gasteiger partial charge in [0.15, 0.2) is 5.96 Å². The van der Waals surface area contributed by atoms with Gasteiger partial charge < -0.3 is 10.6 Å². The van der Waals surface area contributed by atoms with E-state index in [9.17, 15) is 4.39 Å². The topological polar surface area (TPSA) is 60.2 Å². The van der Waals surface area contributed by atoms with E-state index in [-0.39, 0.29) is 29.8 Å². The van der Waals surface area contributed by atoms with Crippen molar-refractivity contribution in [3.63, 3.8) is 0 Å². The average Bonchev–Trinajstić information content (AvgIpc) is 2.56. The van der Waals surface area contributed by atoms with Crippen LogP contribution in [0.5, 0.6) is 0 Å². The molecule has 2 rings (SSSR count). The van der Waals surface area contributed by atoms with Gasteiger partial charge in [-0.25, -0.2) is 4.39 Å². The highest BCUT2D eigenvalue weighted by molar-refractivity contribution is 14.0. The van der Waals surface area contributed by atoms with Crippen molar-refractivity contribution in [2.45, 2.75) is 13.1 Å². The fourth-order valence-electron chi connectivity index (χ4n) is 1.98. The summed E-state index contributed by atoms with van der Waals surface area (Å²) in [6, 6.07) is 16.1. The van der Waals surface area contributed by atoms with Crippen molar-refractivity contribution in [1.82, 2.24) is 10.6 Å². The molecule has 120 valence electrons. The van der Waals surface area contributed by atoms with E-state index in [0.717, 1.165) is 5.56 Å². The number of nitrogens with zero attached hydrogens (tertiary/aromatic N) is 2. The Balaban J connectivity index is 0.00000264. The van der Waals surface area contributed by atoms with Crippen LogP contribution in [0.2, 0.25) is 0 Å². The molecule has 0 radical (unpaired) electrons. The Hall–Kier alpha value is -2.14. The molecule has 23 heavy (non-hydrogen) atoms. The second-order valence-electron chi connectivity index (χ2n) is 4.68. The monoisotopic (exact) mass is 424 g/mol. The van der Waals surface area contributed by atoms with Gasteiger partial charge in [0.1, 0.15) is 5.82 Å². The quantitative estimate of drug-likeness (QED) is 0.451. The largest absolute Gasteiger partial charge is 0.352 e. The van der Waals surface area contributed by atoms with E-state index >= 15 is 0 Å². The zero-order chi connectivity index (χ0) is 15.8. The van der Waals surface area contributed by atoms with E-state index in [1.165, 1.54) is 6.07 Å². The Labute approximate surface area is 152 Å². The molecule has 0 spiro atoms. The number of hydrogen-bond donors (Lipinski definition) is 2. The fraction of sp³-hybridized carbons (Fsp3) is 0.176. The van der Waals surface area contributed by atoms with Crippen molar-refractivity contribution >= 4 is 29.9 Å².